The normalized spacial score (nSPS) is 20.4. The van der Waals surface area contributed by atoms with Crippen LogP contribution in [0.1, 0.15) is 36.2 Å². The van der Waals surface area contributed by atoms with Crippen LogP contribution in [0.4, 0.5) is 0 Å². The molecule has 2 aromatic rings. The molecule has 8 nitrogen and oxygen atoms in total. The molecule has 8 heteroatoms. The Hall–Kier alpha value is -2.77. The van der Waals surface area contributed by atoms with Gasteiger partial charge in [0.2, 0.25) is 0 Å². The predicted molar refractivity (Wildman–Crippen MR) is 85.6 cm³/mol. The molecular formula is C16H19N5O3. The van der Waals surface area contributed by atoms with Gasteiger partial charge in [-0.3, -0.25) is 9.59 Å². The lowest BCUT2D eigenvalue weighted by molar-refractivity contribution is 0.0878. The number of hydrogen-bond donors (Lipinski definition) is 1. The van der Waals surface area contributed by atoms with E-state index in [0.29, 0.717) is 6.01 Å². The average Bonchev–Trinajstić information content (AvgIpc) is 2.60. The largest absolute Gasteiger partial charge is 0.460 e. The maximum absolute atomic E-state index is 12.2. The molecule has 1 fully saturated rings. The Bertz CT molecular complexity index is 754. The van der Waals surface area contributed by atoms with Gasteiger partial charge in [-0.1, -0.05) is 0 Å². The van der Waals surface area contributed by atoms with Crippen molar-refractivity contribution >= 4 is 5.91 Å². The molecule has 126 valence electrons. The summed E-state index contributed by atoms with van der Waals surface area (Å²) in [6, 6.07) is 4.99. The smallest absolute Gasteiger partial charge is 0.316 e. The number of hydrogen-bond acceptors (Lipinski definition) is 6. The molecule has 2 heterocycles. The number of rotatable bonds is 4. The summed E-state index contributed by atoms with van der Waals surface area (Å²) in [5.41, 5.74) is 0.000460. The van der Waals surface area contributed by atoms with Crippen LogP contribution in [0.15, 0.2) is 35.4 Å². The molecule has 3 rings (SSSR count). The van der Waals surface area contributed by atoms with Gasteiger partial charge in [0.1, 0.15) is 11.8 Å². The highest BCUT2D eigenvalue weighted by Crippen LogP contribution is 2.22. The second kappa shape index (κ2) is 7.20. The van der Waals surface area contributed by atoms with Gasteiger partial charge in [-0.2, -0.15) is 5.10 Å². The summed E-state index contributed by atoms with van der Waals surface area (Å²) < 4.78 is 6.89. The van der Waals surface area contributed by atoms with Crippen molar-refractivity contribution in [2.75, 3.05) is 0 Å². The summed E-state index contributed by atoms with van der Waals surface area (Å²) in [5.74, 6) is -0.263. The van der Waals surface area contributed by atoms with Crippen LogP contribution in [-0.4, -0.2) is 37.8 Å². The molecule has 0 spiro atoms. The van der Waals surface area contributed by atoms with E-state index in [2.05, 4.69) is 20.4 Å². The number of nitrogens with one attached hydrogen (secondary N) is 1. The minimum absolute atomic E-state index is 0.0659. The summed E-state index contributed by atoms with van der Waals surface area (Å²) in [6.07, 6.45) is 6.64. The number of carbonyl (C=O) groups is 1. The van der Waals surface area contributed by atoms with E-state index in [0.717, 1.165) is 30.4 Å². The molecule has 24 heavy (non-hydrogen) atoms. The first-order valence-electron chi connectivity index (χ1n) is 7.91. The van der Waals surface area contributed by atoms with E-state index in [1.807, 2.05) is 0 Å². The summed E-state index contributed by atoms with van der Waals surface area (Å²) in [7, 11) is 1.52. The van der Waals surface area contributed by atoms with Gasteiger partial charge in [-0.25, -0.2) is 14.6 Å². The average molecular weight is 329 g/mol. The number of amides is 1. The third-order valence-corrected chi connectivity index (χ3v) is 4.02. The number of ether oxygens (including phenoxy) is 1. The molecule has 1 amide bonds. The maximum Gasteiger partial charge on any atom is 0.316 e. The third-order valence-electron chi connectivity index (χ3n) is 4.02. The van der Waals surface area contributed by atoms with E-state index < -0.39 is 0 Å². The molecular weight excluding hydrogens is 310 g/mol. The summed E-state index contributed by atoms with van der Waals surface area (Å²) in [5, 5.41) is 6.92. The van der Waals surface area contributed by atoms with Gasteiger partial charge in [-0.05, 0) is 37.8 Å². The van der Waals surface area contributed by atoms with Gasteiger partial charge in [0.15, 0.2) is 0 Å². The Morgan fingerprint density at radius 1 is 1.21 bits per heavy atom. The van der Waals surface area contributed by atoms with Gasteiger partial charge in [0.05, 0.1) is 0 Å². The van der Waals surface area contributed by atoms with Gasteiger partial charge in [-0.15, -0.1) is 0 Å². The number of aryl methyl sites for hydroxylation is 1. The molecule has 0 unspecified atom stereocenters. The lowest BCUT2D eigenvalue weighted by Gasteiger charge is -2.28. The van der Waals surface area contributed by atoms with Gasteiger partial charge < -0.3 is 10.1 Å². The van der Waals surface area contributed by atoms with E-state index >= 15 is 0 Å². The van der Waals surface area contributed by atoms with Crippen molar-refractivity contribution in [3.63, 3.8) is 0 Å². The minimum Gasteiger partial charge on any atom is -0.460 e. The van der Waals surface area contributed by atoms with Crippen LogP contribution >= 0.6 is 0 Å². The molecule has 0 radical (unpaired) electrons. The van der Waals surface area contributed by atoms with E-state index in [1.54, 1.807) is 18.5 Å². The molecule has 0 aromatic carbocycles. The molecule has 1 aliphatic rings. The fraction of sp³-hybridized carbons (Fsp3) is 0.438. The first-order chi connectivity index (χ1) is 11.6. The second-order valence-corrected chi connectivity index (χ2v) is 5.78. The molecule has 1 N–H and O–H groups in total. The minimum atomic E-state index is -0.263. The molecule has 1 aliphatic carbocycles. The van der Waals surface area contributed by atoms with Gasteiger partial charge in [0.25, 0.3) is 11.5 Å². The van der Waals surface area contributed by atoms with Crippen molar-refractivity contribution in [2.45, 2.75) is 37.8 Å². The van der Waals surface area contributed by atoms with Crippen LogP contribution in [0, 0.1) is 0 Å². The molecule has 1 saturated carbocycles. The summed E-state index contributed by atoms with van der Waals surface area (Å²) in [4.78, 5) is 31.6. The number of carbonyl (C=O) groups excluding carboxylic acids is 1. The van der Waals surface area contributed by atoms with Crippen LogP contribution < -0.4 is 15.6 Å². The van der Waals surface area contributed by atoms with Crippen LogP contribution in [-0.2, 0) is 7.05 Å². The Labute approximate surface area is 138 Å². The summed E-state index contributed by atoms with van der Waals surface area (Å²) >= 11 is 0. The van der Waals surface area contributed by atoms with Crippen molar-refractivity contribution < 1.29 is 9.53 Å². The molecule has 0 bridgehead atoms. The molecule has 2 aromatic heterocycles. The zero-order valence-corrected chi connectivity index (χ0v) is 13.4. The standard InChI is InChI=1S/C16H19N5O3/c1-21-14(22)8-7-13(20-21)15(23)19-11-3-5-12(6-4-11)24-16-17-9-2-10-18-16/h2,7-12H,3-6H2,1H3,(H,19,23). The highest BCUT2D eigenvalue weighted by atomic mass is 16.5. The zero-order chi connectivity index (χ0) is 16.9. The predicted octanol–water partition coefficient (Wildman–Crippen LogP) is 0.690. The van der Waals surface area contributed by atoms with Crippen LogP contribution in [0.2, 0.25) is 0 Å². The second-order valence-electron chi connectivity index (χ2n) is 5.78. The van der Waals surface area contributed by atoms with Crippen molar-refractivity contribution in [3.8, 4) is 6.01 Å². The van der Waals surface area contributed by atoms with E-state index in [9.17, 15) is 9.59 Å². The van der Waals surface area contributed by atoms with Crippen molar-refractivity contribution in [1.29, 1.82) is 0 Å². The van der Waals surface area contributed by atoms with E-state index in [-0.39, 0.29) is 29.3 Å². The van der Waals surface area contributed by atoms with Gasteiger partial charge in [0, 0.05) is 31.5 Å². The van der Waals surface area contributed by atoms with Crippen molar-refractivity contribution in [1.82, 2.24) is 25.1 Å². The monoisotopic (exact) mass is 329 g/mol. The molecule has 0 saturated heterocycles. The fourth-order valence-electron chi connectivity index (χ4n) is 2.70. The quantitative estimate of drug-likeness (QED) is 0.886. The van der Waals surface area contributed by atoms with Crippen molar-refractivity contribution in [2.24, 2.45) is 7.05 Å². The Kier molecular flexibility index (Phi) is 4.83. The molecule has 0 aliphatic heterocycles. The van der Waals surface area contributed by atoms with Crippen LogP contribution in [0.3, 0.4) is 0 Å². The summed E-state index contributed by atoms with van der Waals surface area (Å²) in [6.45, 7) is 0. The Morgan fingerprint density at radius 2 is 1.92 bits per heavy atom. The fourth-order valence-corrected chi connectivity index (χ4v) is 2.70. The Morgan fingerprint density at radius 3 is 2.58 bits per heavy atom. The van der Waals surface area contributed by atoms with Crippen LogP contribution in [0.25, 0.3) is 0 Å². The SMILES string of the molecule is Cn1nc(C(=O)NC2CCC(Oc3ncccn3)CC2)ccc1=O. The molecule has 0 atom stereocenters. The highest BCUT2D eigenvalue weighted by Gasteiger charge is 2.24. The number of nitrogens with zero attached hydrogens (tertiary/aromatic N) is 4. The first-order valence-corrected chi connectivity index (χ1v) is 7.91. The highest BCUT2D eigenvalue weighted by molar-refractivity contribution is 5.92. The topological polar surface area (TPSA) is 99.0 Å². The maximum atomic E-state index is 12.2. The first kappa shape index (κ1) is 16.1. The zero-order valence-electron chi connectivity index (χ0n) is 13.4. The third kappa shape index (κ3) is 3.95. The van der Waals surface area contributed by atoms with Gasteiger partial charge >= 0.3 is 6.01 Å². The number of aromatic nitrogens is 4. The van der Waals surface area contributed by atoms with Crippen molar-refractivity contribution in [3.05, 3.63) is 46.6 Å². The Balaban J connectivity index is 1.50. The lowest BCUT2D eigenvalue weighted by atomic mass is 9.93. The van der Waals surface area contributed by atoms with E-state index in [4.69, 9.17) is 4.74 Å². The van der Waals surface area contributed by atoms with Crippen LogP contribution in [0.5, 0.6) is 6.01 Å². The lowest BCUT2D eigenvalue weighted by Crippen LogP contribution is -2.40. The van der Waals surface area contributed by atoms with E-state index in [1.165, 1.54) is 19.2 Å².